The van der Waals surface area contributed by atoms with Gasteiger partial charge < -0.3 is 5.32 Å². The van der Waals surface area contributed by atoms with E-state index in [-0.39, 0.29) is 11.7 Å². The molecule has 1 N–H and O–H groups in total. The van der Waals surface area contributed by atoms with Crippen LogP contribution in [-0.4, -0.2) is 21.9 Å². The summed E-state index contributed by atoms with van der Waals surface area (Å²) in [5, 5.41) is 19.3. The quantitative estimate of drug-likeness (QED) is 0.878. The van der Waals surface area contributed by atoms with Crippen molar-refractivity contribution in [3.63, 3.8) is 0 Å². The van der Waals surface area contributed by atoms with E-state index in [1.807, 2.05) is 6.07 Å². The summed E-state index contributed by atoms with van der Waals surface area (Å²) in [6.07, 6.45) is 0. The topological polar surface area (TPSA) is 78.7 Å². The molecule has 8 heteroatoms. The Balaban J connectivity index is 1.92. The van der Waals surface area contributed by atoms with Crippen molar-refractivity contribution in [1.82, 2.24) is 10.2 Å². The molecule has 1 heterocycles. The van der Waals surface area contributed by atoms with E-state index < -0.39 is 0 Å². The monoisotopic (exact) mass is 310 g/mol. The summed E-state index contributed by atoms with van der Waals surface area (Å²) >= 11 is 8.57. The van der Waals surface area contributed by atoms with E-state index in [2.05, 4.69) is 15.5 Å². The number of amides is 1. The minimum absolute atomic E-state index is 0.166. The van der Waals surface area contributed by atoms with E-state index in [0.29, 0.717) is 16.3 Å². The average Bonchev–Trinajstić information content (AvgIpc) is 2.90. The highest BCUT2D eigenvalue weighted by Gasteiger charge is 2.07. The third-order valence-electron chi connectivity index (χ3n) is 2.04. The predicted molar refractivity (Wildman–Crippen MR) is 75.4 cm³/mol. The molecule has 0 bridgehead atoms. The first-order valence-corrected chi connectivity index (χ1v) is 7.32. The number of carbonyl (C=O) groups excluding carboxylic acids is 1. The molecule has 2 rings (SSSR count). The highest BCUT2D eigenvalue weighted by molar-refractivity contribution is 8.01. The van der Waals surface area contributed by atoms with Gasteiger partial charge in [0, 0.05) is 5.69 Å². The number of benzene rings is 1. The van der Waals surface area contributed by atoms with Crippen molar-refractivity contribution in [3.05, 3.63) is 34.3 Å². The standard InChI is InChI=1S/C11H7ClN4OS2/c12-9-3-8(2-1-7(9)4-13)15-10(17)5-18-11-16-14-6-19-11/h1-3,6H,5H2,(H,15,17). The first kappa shape index (κ1) is 13.8. The van der Waals surface area contributed by atoms with Crippen LogP contribution < -0.4 is 5.32 Å². The molecule has 0 aliphatic heterocycles. The zero-order valence-corrected chi connectivity index (χ0v) is 11.8. The molecule has 1 aromatic carbocycles. The summed E-state index contributed by atoms with van der Waals surface area (Å²) in [6, 6.07) is 6.71. The Morgan fingerprint density at radius 2 is 2.42 bits per heavy atom. The Morgan fingerprint density at radius 3 is 3.05 bits per heavy atom. The van der Waals surface area contributed by atoms with Gasteiger partial charge in [0.05, 0.1) is 16.3 Å². The molecule has 1 aromatic heterocycles. The Labute approximate surface area is 122 Å². The summed E-state index contributed by atoms with van der Waals surface area (Å²) in [4.78, 5) is 11.7. The molecular formula is C11H7ClN4OS2. The SMILES string of the molecule is N#Cc1ccc(NC(=O)CSc2nncs2)cc1Cl. The van der Waals surface area contributed by atoms with Crippen molar-refractivity contribution < 1.29 is 4.79 Å². The fourth-order valence-corrected chi connectivity index (χ4v) is 2.74. The number of nitrogens with one attached hydrogen (secondary N) is 1. The van der Waals surface area contributed by atoms with E-state index in [1.165, 1.54) is 23.1 Å². The second-order valence-electron chi connectivity index (χ2n) is 3.35. The number of hydrogen-bond acceptors (Lipinski definition) is 6. The first-order valence-electron chi connectivity index (χ1n) is 5.07. The average molecular weight is 311 g/mol. The van der Waals surface area contributed by atoms with Gasteiger partial charge in [-0.25, -0.2) is 0 Å². The first-order chi connectivity index (χ1) is 9.19. The van der Waals surface area contributed by atoms with Crippen LogP contribution in [0.2, 0.25) is 5.02 Å². The van der Waals surface area contributed by atoms with Gasteiger partial charge >= 0.3 is 0 Å². The number of halogens is 1. The number of nitrogens with zero attached hydrogens (tertiary/aromatic N) is 3. The van der Waals surface area contributed by atoms with Crippen LogP contribution in [0.3, 0.4) is 0 Å². The lowest BCUT2D eigenvalue weighted by Gasteiger charge is -2.05. The summed E-state index contributed by atoms with van der Waals surface area (Å²) in [5.74, 6) is 0.0771. The summed E-state index contributed by atoms with van der Waals surface area (Å²) < 4.78 is 0.744. The second kappa shape index (κ2) is 6.52. The molecular weight excluding hydrogens is 304 g/mol. The fourth-order valence-electron chi connectivity index (χ4n) is 1.23. The van der Waals surface area contributed by atoms with E-state index in [4.69, 9.17) is 16.9 Å². The molecule has 2 aromatic rings. The van der Waals surface area contributed by atoms with E-state index in [9.17, 15) is 4.79 Å². The van der Waals surface area contributed by atoms with Crippen molar-refractivity contribution in [2.75, 3.05) is 11.1 Å². The van der Waals surface area contributed by atoms with Gasteiger partial charge in [-0.05, 0) is 18.2 Å². The van der Waals surface area contributed by atoms with E-state index >= 15 is 0 Å². The Morgan fingerprint density at radius 1 is 1.58 bits per heavy atom. The number of carbonyl (C=O) groups is 1. The lowest BCUT2D eigenvalue weighted by atomic mass is 10.2. The van der Waals surface area contributed by atoms with Crippen LogP contribution in [0.5, 0.6) is 0 Å². The lowest BCUT2D eigenvalue weighted by molar-refractivity contribution is -0.113. The number of thioether (sulfide) groups is 1. The van der Waals surface area contributed by atoms with Crippen LogP contribution in [0.15, 0.2) is 28.0 Å². The molecule has 0 spiro atoms. The van der Waals surface area contributed by atoms with Gasteiger partial charge in [0.15, 0.2) is 4.34 Å². The number of hydrogen-bond donors (Lipinski definition) is 1. The van der Waals surface area contributed by atoms with E-state index in [1.54, 1.807) is 23.7 Å². The summed E-state index contributed by atoms with van der Waals surface area (Å²) in [7, 11) is 0. The molecule has 0 unspecified atom stereocenters. The third kappa shape index (κ3) is 3.92. The van der Waals surface area contributed by atoms with Gasteiger partial charge in [-0.15, -0.1) is 10.2 Å². The molecule has 1 amide bonds. The van der Waals surface area contributed by atoms with Crippen molar-refractivity contribution in [1.29, 1.82) is 5.26 Å². The Hall–Kier alpha value is -1.62. The Kier molecular flexibility index (Phi) is 4.74. The maximum absolute atomic E-state index is 11.7. The minimum atomic E-state index is -0.166. The zero-order chi connectivity index (χ0) is 13.7. The zero-order valence-electron chi connectivity index (χ0n) is 9.46. The fraction of sp³-hybridized carbons (Fsp3) is 0.0909. The molecule has 0 saturated heterocycles. The van der Waals surface area contributed by atoms with Gasteiger partial charge in [0.1, 0.15) is 11.6 Å². The summed E-state index contributed by atoms with van der Waals surface area (Å²) in [6.45, 7) is 0. The van der Waals surface area contributed by atoms with E-state index in [0.717, 1.165) is 4.34 Å². The molecule has 5 nitrogen and oxygen atoms in total. The highest BCUT2D eigenvalue weighted by atomic mass is 35.5. The van der Waals surface area contributed by atoms with Gasteiger partial charge in [-0.3, -0.25) is 4.79 Å². The molecule has 0 atom stereocenters. The van der Waals surface area contributed by atoms with Crippen LogP contribution >= 0.6 is 34.7 Å². The lowest BCUT2D eigenvalue weighted by Crippen LogP contribution is -2.13. The maximum Gasteiger partial charge on any atom is 0.234 e. The van der Waals surface area contributed by atoms with Gasteiger partial charge in [-0.1, -0.05) is 34.7 Å². The third-order valence-corrected chi connectivity index (χ3v) is 4.21. The van der Waals surface area contributed by atoms with Crippen LogP contribution in [0, 0.1) is 11.3 Å². The number of nitriles is 1. The normalized spacial score (nSPS) is 9.89. The predicted octanol–water partition coefficient (Wildman–Crippen LogP) is 2.79. The molecule has 19 heavy (non-hydrogen) atoms. The van der Waals surface area contributed by atoms with Crippen molar-refractivity contribution in [3.8, 4) is 6.07 Å². The number of rotatable bonds is 4. The van der Waals surface area contributed by atoms with Gasteiger partial charge in [0.2, 0.25) is 5.91 Å². The van der Waals surface area contributed by atoms with Crippen LogP contribution in [-0.2, 0) is 4.79 Å². The maximum atomic E-state index is 11.7. The van der Waals surface area contributed by atoms with Gasteiger partial charge in [0.25, 0.3) is 0 Å². The van der Waals surface area contributed by atoms with Crippen LogP contribution in [0.1, 0.15) is 5.56 Å². The van der Waals surface area contributed by atoms with Crippen LogP contribution in [0.25, 0.3) is 0 Å². The molecule has 96 valence electrons. The number of aromatic nitrogens is 2. The molecule has 0 radical (unpaired) electrons. The minimum Gasteiger partial charge on any atom is -0.325 e. The van der Waals surface area contributed by atoms with Crippen LogP contribution in [0.4, 0.5) is 5.69 Å². The molecule has 0 aliphatic rings. The molecule has 0 aliphatic carbocycles. The number of anilines is 1. The second-order valence-corrected chi connectivity index (χ2v) is 5.81. The molecule has 0 saturated carbocycles. The smallest absolute Gasteiger partial charge is 0.234 e. The van der Waals surface area contributed by atoms with Crippen molar-refractivity contribution in [2.24, 2.45) is 0 Å². The van der Waals surface area contributed by atoms with Gasteiger partial charge in [-0.2, -0.15) is 5.26 Å². The van der Waals surface area contributed by atoms with Crippen molar-refractivity contribution in [2.45, 2.75) is 4.34 Å². The Bertz CT molecular complexity index is 624. The van der Waals surface area contributed by atoms with Crippen molar-refractivity contribution >= 4 is 46.3 Å². The largest absolute Gasteiger partial charge is 0.325 e. The summed E-state index contributed by atoms with van der Waals surface area (Å²) in [5.41, 5.74) is 2.55. The highest BCUT2D eigenvalue weighted by Crippen LogP contribution is 2.22. The molecule has 0 fully saturated rings.